The van der Waals surface area contributed by atoms with Gasteiger partial charge >= 0.3 is 0 Å². The zero-order valence-corrected chi connectivity index (χ0v) is 11.6. The fourth-order valence-corrected chi connectivity index (χ4v) is 1.91. The van der Waals surface area contributed by atoms with Gasteiger partial charge in [0.1, 0.15) is 5.69 Å². The van der Waals surface area contributed by atoms with Crippen molar-refractivity contribution in [3.63, 3.8) is 0 Å². The minimum Gasteiger partial charge on any atom is -0.398 e. The molecule has 7 heteroatoms. The monoisotopic (exact) mass is 306 g/mol. The smallest absolute Gasteiger partial charge is 0.258 e. The maximum absolute atomic E-state index is 5.96. The molecule has 2 N–H and O–H groups in total. The molecular formula is C13H8Cl2N4O. The normalized spacial score (nSPS) is 10.7. The number of anilines is 1. The van der Waals surface area contributed by atoms with Gasteiger partial charge in [0.2, 0.25) is 5.82 Å². The van der Waals surface area contributed by atoms with Crippen LogP contribution in [0.15, 0.2) is 41.1 Å². The van der Waals surface area contributed by atoms with Gasteiger partial charge in [-0.3, -0.25) is 4.98 Å². The molecule has 100 valence electrons. The first-order chi connectivity index (χ1) is 9.63. The van der Waals surface area contributed by atoms with E-state index in [1.807, 2.05) is 0 Å². The van der Waals surface area contributed by atoms with Crippen LogP contribution in [0.5, 0.6) is 0 Å². The molecule has 0 spiro atoms. The first-order valence-electron chi connectivity index (χ1n) is 5.64. The van der Waals surface area contributed by atoms with E-state index in [4.69, 9.17) is 33.5 Å². The van der Waals surface area contributed by atoms with E-state index in [9.17, 15) is 0 Å². The van der Waals surface area contributed by atoms with E-state index in [-0.39, 0.29) is 0 Å². The second kappa shape index (κ2) is 5.11. The maximum atomic E-state index is 5.96. The van der Waals surface area contributed by atoms with E-state index < -0.39 is 0 Å². The van der Waals surface area contributed by atoms with E-state index >= 15 is 0 Å². The third-order valence-electron chi connectivity index (χ3n) is 2.63. The van der Waals surface area contributed by atoms with Gasteiger partial charge in [0.25, 0.3) is 5.89 Å². The van der Waals surface area contributed by atoms with E-state index in [0.717, 1.165) is 0 Å². The second-order valence-corrected chi connectivity index (χ2v) is 4.86. The first-order valence-corrected chi connectivity index (χ1v) is 6.40. The highest BCUT2D eigenvalue weighted by Crippen LogP contribution is 2.27. The van der Waals surface area contributed by atoms with Gasteiger partial charge in [-0.2, -0.15) is 4.98 Å². The van der Waals surface area contributed by atoms with Crippen molar-refractivity contribution >= 4 is 28.9 Å². The van der Waals surface area contributed by atoms with Crippen LogP contribution in [0, 0.1) is 0 Å². The summed E-state index contributed by atoms with van der Waals surface area (Å²) in [6.07, 6.45) is 1.52. The van der Waals surface area contributed by atoms with Gasteiger partial charge in [0.15, 0.2) is 0 Å². The van der Waals surface area contributed by atoms with E-state index in [2.05, 4.69) is 15.1 Å². The third-order valence-corrected chi connectivity index (χ3v) is 3.18. The summed E-state index contributed by atoms with van der Waals surface area (Å²) >= 11 is 11.7. The van der Waals surface area contributed by atoms with Gasteiger partial charge in [-0.15, -0.1) is 0 Å². The molecule has 20 heavy (non-hydrogen) atoms. The van der Waals surface area contributed by atoms with Crippen LogP contribution in [0.3, 0.4) is 0 Å². The van der Waals surface area contributed by atoms with Crippen LogP contribution < -0.4 is 5.73 Å². The summed E-state index contributed by atoms with van der Waals surface area (Å²) in [5.41, 5.74) is 7.42. The Morgan fingerprint density at radius 3 is 2.65 bits per heavy atom. The number of halogens is 2. The van der Waals surface area contributed by atoms with Crippen LogP contribution >= 0.6 is 23.2 Å². The summed E-state index contributed by atoms with van der Waals surface area (Å²) in [6, 6.07) is 8.53. The lowest BCUT2D eigenvalue weighted by atomic mass is 10.2. The van der Waals surface area contributed by atoms with Crippen LogP contribution in [-0.4, -0.2) is 15.1 Å². The Balaban J connectivity index is 1.97. The molecule has 0 aliphatic carbocycles. The summed E-state index contributed by atoms with van der Waals surface area (Å²) in [6.45, 7) is 0. The number of nitrogen functional groups attached to an aromatic ring is 1. The Morgan fingerprint density at radius 2 is 1.95 bits per heavy atom. The maximum Gasteiger partial charge on any atom is 0.258 e. The average molecular weight is 307 g/mol. The van der Waals surface area contributed by atoms with Crippen LogP contribution in [0.4, 0.5) is 5.69 Å². The number of hydrogen-bond acceptors (Lipinski definition) is 5. The van der Waals surface area contributed by atoms with Crippen LogP contribution in [0.1, 0.15) is 0 Å². The van der Waals surface area contributed by atoms with Gasteiger partial charge in [-0.25, -0.2) is 0 Å². The molecule has 0 aliphatic rings. The number of benzene rings is 1. The third kappa shape index (κ3) is 2.45. The van der Waals surface area contributed by atoms with Crippen molar-refractivity contribution in [3.05, 3.63) is 46.6 Å². The summed E-state index contributed by atoms with van der Waals surface area (Å²) in [4.78, 5) is 8.39. The predicted molar refractivity (Wildman–Crippen MR) is 77.4 cm³/mol. The molecule has 0 saturated carbocycles. The molecule has 0 atom stereocenters. The van der Waals surface area contributed by atoms with Crippen LogP contribution in [-0.2, 0) is 0 Å². The Kier molecular flexibility index (Phi) is 3.30. The van der Waals surface area contributed by atoms with Crippen molar-refractivity contribution in [3.8, 4) is 23.0 Å². The minimum absolute atomic E-state index is 0.346. The van der Waals surface area contributed by atoms with Gasteiger partial charge in [-0.1, -0.05) is 28.4 Å². The fraction of sp³-hybridized carbons (Fsp3) is 0. The highest BCUT2D eigenvalue weighted by Gasteiger charge is 2.12. The predicted octanol–water partition coefficient (Wildman–Crippen LogP) is 3.69. The minimum atomic E-state index is 0.346. The number of aromatic nitrogens is 3. The topological polar surface area (TPSA) is 77.8 Å². The molecule has 0 aliphatic heterocycles. The average Bonchev–Trinajstić information content (AvgIpc) is 2.92. The number of rotatable bonds is 2. The molecule has 0 bridgehead atoms. The van der Waals surface area contributed by atoms with Crippen molar-refractivity contribution in [1.29, 1.82) is 0 Å². The standard InChI is InChI=1S/C13H8Cl2N4O/c14-8-2-4-11(17-6-8)12-18-13(20-19-12)7-1-3-10(16)9(15)5-7/h1-6H,16H2. The van der Waals surface area contributed by atoms with Crippen LogP contribution in [0.25, 0.3) is 23.0 Å². The fourth-order valence-electron chi connectivity index (χ4n) is 1.61. The molecular weight excluding hydrogens is 299 g/mol. The second-order valence-electron chi connectivity index (χ2n) is 4.02. The Hall–Kier alpha value is -2.11. The lowest BCUT2D eigenvalue weighted by Gasteiger charge is -1.98. The highest BCUT2D eigenvalue weighted by molar-refractivity contribution is 6.33. The molecule has 0 amide bonds. The van der Waals surface area contributed by atoms with Crippen molar-refractivity contribution < 1.29 is 4.52 Å². The van der Waals surface area contributed by atoms with Crippen molar-refractivity contribution in [2.45, 2.75) is 0 Å². The summed E-state index contributed by atoms with van der Waals surface area (Å²) < 4.78 is 5.20. The number of pyridine rings is 1. The zero-order chi connectivity index (χ0) is 14.1. The van der Waals surface area contributed by atoms with Gasteiger partial charge in [-0.05, 0) is 30.3 Å². The largest absolute Gasteiger partial charge is 0.398 e. The Labute approximate surface area is 124 Å². The van der Waals surface area contributed by atoms with Crippen molar-refractivity contribution in [1.82, 2.24) is 15.1 Å². The molecule has 0 fully saturated rings. The zero-order valence-electron chi connectivity index (χ0n) is 10.0. The lowest BCUT2D eigenvalue weighted by Crippen LogP contribution is -1.87. The molecule has 3 aromatic rings. The van der Waals surface area contributed by atoms with Gasteiger partial charge in [0.05, 0.1) is 15.7 Å². The molecule has 0 radical (unpaired) electrons. The molecule has 5 nitrogen and oxygen atoms in total. The van der Waals surface area contributed by atoms with Gasteiger partial charge < -0.3 is 10.3 Å². The molecule has 3 rings (SSSR count). The Bertz CT molecular complexity index is 755. The van der Waals surface area contributed by atoms with Crippen molar-refractivity contribution in [2.24, 2.45) is 0 Å². The first kappa shape index (κ1) is 12.9. The quantitative estimate of drug-likeness (QED) is 0.731. The summed E-state index contributed by atoms with van der Waals surface area (Å²) in [5.74, 6) is 0.725. The number of hydrogen-bond donors (Lipinski definition) is 1. The molecule has 2 heterocycles. The highest BCUT2D eigenvalue weighted by atomic mass is 35.5. The number of nitrogens with zero attached hydrogens (tertiary/aromatic N) is 3. The van der Waals surface area contributed by atoms with Crippen molar-refractivity contribution in [2.75, 3.05) is 5.73 Å². The van der Waals surface area contributed by atoms with Gasteiger partial charge in [0, 0.05) is 11.8 Å². The lowest BCUT2D eigenvalue weighted by molar-refractivity contribution is 0.432. The van der Waals surface area contributed by atoms with E-state index in [0.29, 0.717) is 38.7 Å². The number of nitrogens with two attached hydrogens (primary N) is 1. The summed E-state index contributed by atoms with van der Waals surface area (Å²) in [5, 5.41) is 4.86. The van der Waals surface area contributed by atoms with E-state index in [1.54, 1.807) is 30.3 Å². The molecule has 1 aromatic carbocycles. The Morgan fingerprint density at radius 1 is 1.10 bits per heavy atom. The molecule has 2 aromatic heterocycles. The van der Waals surface area contributed by atoms with E-state index in [1.165, 1.54) is 6.20 Å². The SMILES string of the molecule is Nc1ccc(-c2nc(-c3ccc(Cl)cn3)no2)cc1Cl. The molecule has 0 saturated heterocycles. The summed E-state index contributed by atoms with van der Waals surface area (Å²) in [7, 11) is 0. The molecule has 0 unspecified atom stereocenters. The van der Waals surface area contributed by atoms with Crippen LogP contribution in [0.2, 0.25) is 10.0 Å².